The molecule has 0 aliphatic carbocycles. The number of benzene rings is 3. The molecule has 0 saturated carbocycles. The fraction of sp³-hybridized carbons (Fsp3) is 0.231. The molecule has 0 bridgehead atoms. The minimum absolute atomic E-state index is 0.238. The molecule has 3 aromatic rings. The van der Waals surface area contributed by atoms with Crippen molar-refractivity contribution in [3.05, 3.63) is 70.8 Å². The van der Waals surface area contributed by atoms with Gasteiger partial charge in [-0.2, -0.15) is 0 Å². The van der Waals surface area contributed by atoms with E-state index in [4.69, 9.17) is 28.4 Å². The zero-order valence-electron chi connectivity index (χ0n) is 19.5. The molecule has 0 unspecified atom stereocenters. The Morgan fingerprint density at radius 1 is 0.588 bits per heavy atom. The van der Waals surface area contributed by atoms with Gasteiger partial charge in [0.2, 0.25) is 11.5 Å². The number of hydrogen-bond donors (Lipinski definition) is 0. The molecule has 8 nitrogen and oxygen atoms in total. The van der Waals surface area contributed by atoms with E-state index in [0.29, 0.717) is 45.6 Å². The summed E-state index contributed by atoms with van der Waals surface area (Å²) in [4.78, 5) is 22.3. The maximum Gasteiger partial charge on any atom is 0.203 e. The second-order valence-corrected chi connectivity index (χ2v) is 7.14. The van der Waals surface area contributed by atoms with Gasteiger partial charge in [-0.3, -0.25) is 9.59 Å². The molecule has 0 saturated heterocycles. The van der Waals surface area contributed by atoms with Crippen LogP contribution in [0.1, 0.15) is 31.8 Å². The van der Waals surface area contributed by atoms with Crippen LogP contribution in [0, 0.1) is 0 Å². The van der Waals surface area contributed by atoms with Gasteiger partial charge in [-0.15, -0.1) is 0 Å². The van der Waals surface area contributed by atoms with Crippen LogP contribution in [0.5, 0.6) is 34.5 Å². The summed E-state index contributed by atoms with van der Waals surface area (Å²) in [5, 5.41) is 0. The average Bonchev–Trinajstić information content (AvgIpc) is 2.89. The Balaban J connectivity index is 1.76. The summed E-state index contributed by atoms with van der Waals surface area (Å²) in [7, 11) is 5.99. The topological polar surface area (TPSA) is 89.5 Å². The molecule has 3 aromatic carbocycles. The van der Waals surface area contributed by atoms with E-state index in [-0.39, 0.29) is 13.2 Å². The van der Waals surface area contributed by atoms with Gasteiger partial charge in [0.25, 0.3) is 0 Å². The normalized spacial score (nSPS) is 10.2. The molecule has 0 atom stereocenters. The van der Waals surface area contributed by atoms with Gasteiger partial charge in [-0.05, 0) is 41.5 Å². The van der Waals surface area contributed by atoms with Gasteiger partial charge in [-0.1, -0.05) is 18.2 Å². The van der Waals surface area contributed by atoms with E-state index < -0.39 is 0 Å². The molecule has 0 N–H and O–H groups in total. The lowest BCUT2D eigenvalue weighted by Crippen LogP contribution is -2.03. The zero-order chi connectivity index (χ0) is 24.5. The number of carbonyl (C=O) groups excluding carboxylic acids is 2. The number of aldehydes is 2. The first kappa shape index (κ1) is 24.4. The SMILES string of the molecule is COc1cc(C=O)cc(OC)c1OCc1cccc(COc2c(OC)cc(C=O)cc2OC)c1. The van der Waals surface area contributed by atoms with E-state index in [2.05, 4.69) is 0 Å². The maximum atomic E-state index is 11.2. The fourth-order valence-electron chi connectivity index (χ4n) is 3.34. The number of carbonyl (C=O) groups is 2. The highest BCUT2D eigenvalue weighted by Gasteiger charge is 2.16. The molecule has 3 rings (SSSR count). The third kappa shape index (κ3) is 5.58. The number of rotatable bonds is 12. The minimum Gasteiger partial charge on any atom is -0.493 e. The second-order valence-electron chi connectivity index (χ2n) is 7.14. The van der Waals surface area contributed by atoms with E-state index in [0.717, 1.165) is 23.7 Å². The highest BCUT2D eigenvalue weighted by Crippen LogP contribution is 2.40. The van der Waals surface area contributed by atoms with Crippen molar-refractivity contribution in [3.63, 3.8) is 0 Å². The van der Waals surface area contributed by atoms with Crippen molar-refractivity contribution in [1.82, 2.24) is 0 Å². The third-order valence-corrected chi connectivity index (χ3v) is 5.00. The van der Waals surface area contributed by atoms with Crippen molar-refractivity contribution in [2.24, 2.45) is 0 Å². The van der Waals surface area contributed by atoms with Gasteiger partial charge >= 0.3 is 0 Å². The lowest BCUT2D eigenvalue weighted by Gasteiger charge is -2.16. The molecule has 0 radical (unpaired) electrons. The van der Waals surface area contributed by atoms with Crippen LogP contribution >= 0.6 is 0 Å². The fourth-order valence-corrected chi connectivity index (χ4v) is 3.34. The van der Waals surface area contributed by atoms with Gasteiger partial charge in [0.1, 0.15) is 25.8 Å². The molecule has 0 aliphatic rings. The largest absolute Gasteiger partial charge is 0.493 e. The molecule has 0 amide bonds. The Kier molecular flexibility index (Phi) is 8.34. The first-order valence-corrected chi connectivity index (χ1v) is 10.3. The number of hydrogen-bond acceptors (Lipinski definition) is 8. The van der Waals surface area contributed by atoms with Crippen molar-refractivity contribution in [3.8, 4) is 34.5 Å². The number of methoxy groups -OCH3 is 4. The third-order valence-electron chi connectivity index (χ3n) is 5.00. The second kappa shape index (κ2) is 11.6. The van der Waals surface area contributed by atoms with Crippen LogP contribution in [0.25, 0.3) is 0 Å². The monoisotopic (exact) mass is 466 g/mol. The Morgan fingerprint density at radius 2 is 0.941 bits per heavy atom. The average molecular weight is 466 g/mol. The van der Waals surface area contributed by atoms with Gasteiger partial charge in [-0.25, -0.2) is 0 Å². The van der Waals surface area contributed by atoms with E-state index in [1.54, 1.807) is 24.3 Å². The van der Waals surface area contributed by atoms with Crippen molar-refractivity contribution < 1.29 is 38.0 Å². The minimum atomic E-state index is 0.238. The van der Waals surface area contributed by atoms with Crippen LogP contribution < -0.4 is 28.4 Å². The highest BCUT2D eigenvalue weighted by atomic mass is 16.5. The predicted octanol–water partition coefficient (Wildman–Crippen LogP) is 4.50. The van der Waals surface area contributed by atoms with E-state index in [1.165, 1.54) is 28.4 Å². The molecule has 178 valence electrons. The molecular weight excluding hydrogens is 440 g/mol. The zero-order valence-corrected chi connectivity index (χ0v) is 19.5. The summed E-state index contributed by atoms with van der Waals surface area (Å²) >= 11 is 0. The van der Waals surface area contributed by atoms with Crippen LogP contribution in [0.15, 0.2) is 48.5 Å². The van der Waals surface area contributed by atoms with Crippen LogP contribution in [0.2, 0.25) is 0 Å². The maximum absolute atomic E-state index is 11.2. The molecule has 0 heterocycles. The van der Waals surface area contributed by atoms with E-state index >= 15 is 0 Å². The van der Waals surface area contributed by atoms with Crippen LogP contribution in [0.4, 0.5) is 0 Å². The van der Waals surface area contributed by atoms with Crippen molar-refractivity contribution in [2.45, 2.75) is 13.2 Å². The van der Waals surface area contributed by atoms with Gasteiger partial charge in [0.05, 0.1) is 28.4 Å². The Labute approximate surface area is 197 Å². The standard InChI is InChI=1S/C26H26O8/c1-29-21-9-19(13-27)10-22(30-2)25(21)33-15-17-6-5-7-18(8-17)16-34-26-23(31-3)11-20(14-28)12-24(26)32-4/h5-14H,15-16H2,1-4H3. The molecule has 0 aliphatic heterocycles. The summed E-state index contributed by atoms with van der Waals surface area (Å²) in [5.41, 5.74) is 2.62. The summed E-state index contributed by atoms with van der Waals surface area (Å²) in [6.07, 6.45) is 1.43. The quantitative estimate of drug-likeness (QED) is 0.361. The molecule has 34 heavy (non-hydrogen) atoms. The summed E-state index contributed by atoms with van der Waals surface area (Å²) in [5.74, 6) is 2.42. The lowest BCUT2D eigenvalue weighted by atomic mass is 10.1. The van der Waals surface area contributed by atoms with E-state index in [1.807, 2.05) is 24.3 Å². The first-order valence-electron chi connectivity index (χ1n) is 10.3. The van der Waals surface area contributed by atoms with Crippen molar-refractivity contribution in [2.75, 3.05) is 28.4 Å². The van der Waals surface area contributed by atoms with E-state index in [9.17, 15) is 9.59 Å². The Morgan fingerprint density at radius 3 is 1.24 bits per heavy atom. The molecule has 0 spiro atoms. The lowest BCUT2D eigenvalue weighted by molar-refractivity contribution is 0.111. The molecule has 8 heteroatoms. The first-order chi connectivity index (χ1) is 16.6. The van der Waals surface area contributed by atoms with Crippen LogP contribution in [-0.4, -0.2) is 41.0 Å². The summed E-state index contributed by atoms with van der Waals surface area (Å²) < 4.78 is 33.4. The summed E-state index contributed by atoms with van der Waals surface area (Å²) in [6, 6.07) is 14.0. The van der Waals surface area contributed by atoms with Crippen LogP contribution in [-0.2, 0) is 13.2 Å². The summed E-state index contributed by atoms with van der Waals surface area (Å²) in [6.45, 7) is 0.476. The van der Waals surface area contributed by atoms with Gasteiger partial charge in [0, 0.05) is 11.1 Å². The Bertz CT molecular complexity index is 1020. The molecule has 0 fully saturated rings. The van der Waals surface area contributed by atoms with Crippen LogP contribution in [0.3, 0.4) is 0 Å². The predicted molar refractivity (Wildman–Crippen MR) is 125 cm³/mol. The smallest absolute Gasteiger partial charge is 0.203 e. The number of ether oxygens (including phenoxy) is 6. The van der Waals surface area contributed by atoms with Crippen molar-refractivity contribution >= 4 is 12.6 Å². The highest BCUT2D eigenvalue weighted by molar-refractivity contribution is 5.79. The van der Waals surface area contributed by atoms with Crippen molar-refractivity contribution in [1.29, 1.82) is 0 Å². The molecule has 0 aromatic heterocycles. The molecular formula is C26H26O8. The van der Waals surface area contributed by atoms with Gasteiger partial charge < -0.3 is 28.4 Å². The Hall–Kier alpha value is -4.20. The van der Waals surface area contributed by atoms with Gasteiger partial charge in [0.15, 0.2) is 23.0 Å².